The molecule has 1 aliphatic carbocycles. The topological polar surface area (TPSA) is 349 Å². The zero-order valence-corrected chi connectivity index (χ0v) is 33.9. The average Bonchev–Trinajstić information content (AvgIpc) is 3.96. The number of rotatable bonds is 27. The minimum Gasteiger partial charge on any atom is -0.394 e. The molecule has 2 saturated heterocycles. The Morgan fingerprint density at radius 2 is 1.42 bits per heavy atom. The Hall–Kier alpha value is -4.74. The number of hydrogen-bond donors (Lipinski definition) is 13. The highest BCUT2D eigenvalue weighted by atomic mass is 32.2. The fourth-order valence-corrected chi connectivity index (χ4v) is 8.82. The number of urea groups is 1. The minimum absolute atomic E-state index is 0.0928. The Balaban J connectivity index is 1.29. The van der Waals surface area contributed by atoms with Gasteiger partial charge in [-0.1, -0.05) is 32.1 Å². The van der Waals surface area contributed by atoms with Crippen LogP contribution in [0.25, 0.3) is 0 Å². The van der Waals surface area contributed by atoms with Crippen molar-refractivity contribution < 1.29 is 58.6 Å². The third kappa shape index (κ3) is 17.2. The number of amides is 10. The second-order valence-corrected chi connectivity index (χ2v) is 16.3. The van der Waals surface area contributed by atoms with Gasteiger partial charge in [-0.05, 0) is 44.4 Å². The van der Waals surface area contributed by atoms with Gasteiger partial charge in [0.05, 0.1) is 38.4 Å². The van der Waals surface area contributed by atoms with Crippen LogP contribution in [0.5, 0.6) is 0 Å². The summed E-state index contributed by atoms with van der Waals surface area (Å²) in [5, 5.41) is 48.9. The fraction of sp³-hybridized carbons (Fsp3) is 0.750. The van der Waals surface area contributed by atoms with Gasteiger partial charge in [-0.2, -0.15) is 11.8 Å². The zero-order valence-electron chi connectivity index (χ0n) is 33.1. The van der Waals surface area contributed by atoms with Crippen molar-refractivity contribution in [2.75, 3.05) is 38.6 Å². The lowest BCUT2D eigenvalue weighted by molar-refractivity contribution is -0.137. The molecule has 22 nitrogen and oxygen atoms in total. The van der Waals surface area contributed by atoms with E-state index >= 15 is 0 Å². The summed E-state index contributed by atoms with van der Waals surface area (Å²) in [5.41, 5.74) is 6.92. The van der Waals surface area contributed by atoms with E-state index in [4.69, 9.17) is 10.9 Å². The third-order valence-corrected chi connectivity index (χ3v) is 12.0. The van der Waals surface area contributed by atoms with E-state index in [0.29, 0.717) is 37.5 Å². The lowest BCUT2D eigenvalue weighted by atomic mass is 9.89. The first kappa shape index (κ1) is 48.6. The van der Waals surface area contributed by atoms with E-state index in [0.717, 1.165) is 50.7 Å². The average molecular weight is 857 g/mol. The Morgan fingerprint density at radius 1 is 0.746 bits per heavy atom. The molecule has 10 amide bonds. The fourth-order valence-electron chi connectivity index (χ4n) is 7.28. The van der Waals surface area contributed by atoms with E-state index in [1.165, 1.54) is 5.48 Å². The molecule has 2 aliphatic heterocycles. The van der Waals surface area contributed by atoms with Crippen molar-refractivity contribution in [2.45, 2.75) is 119 Å². The molecule has 0 aromatic carbocycles. The summed E-state index contributed by atoms with van der Waals surface area (Å²) in [4.78, 5) is 111. The second kappa shape index (κ2) is 25.7. The Morgan fingerprint density at radius 3 is 2.10 bits per heavy atom. The molecule has 14 N–H and O–H groups in total. The van der Waals surface area contributed by atoms with Crippen molar-refractivity contribution in [3.05, 3.63) is 0 Å². The number of hydroxylamine groups is 1. The predicted molar refractivity (Wildman–Crippen MR) is 211 cm³/mol. The summed E-state index contributed by atoms with van der Waals surface area (Å²) in [6.45, 7) is -2.67. The number of nitrogens with two attached hydrogens (primary N) is 1. The maximum Gasteiger partial charge on any atom is 0.315 e. The highest BCUT2D eigenvalue weighted by Gasteiger charge is 2.42. The molecule has 3 fully saturated rings. The van der Waals surface area contributed by atoms with E-state index in [-0.39, 0.29) is 42.8 Å². The van der Waals surface area contributed by atoms with Crippen LogP contribution in [0.4, 0.5) is 4.79 Å². The molecule has 1 saturated carbocycles. The standard InChI is InChI=1S/C36H60N10O12S/c37-32(53)22(9-5-6-12-38-27(49)11-4-3-10-26-31-25(19-59-26)44-36(57)45-31)41-30(52)16-39-29(51)15-40-34(55)23(17-47)43-35(56)24(18-48)42-33(54)21(14-28(50)46-58)13-20-7-1-2-8-20/h20-26,31,47-48,58H,1-19H2,(H2,37,53)(H,38,49)(H,39,51)(H,40,55)(H,41,52)(H,42,54)(H,43,56)(H,46,50)(H2,44,45,57)/t21?,22-,23-,24-,25-,26-,31-/m0/s1. The van der Waals surface area contributed by atoms with Gasteiger partial charge in [-0.25, -0.2) is 10.3 Å². The first-order chi connectivity index (χ1) is 28.2. The smallest absolute Gasteiger partial charge is 0.315 e. The molecule has 1 unspecified atom stereocenters. The highest BCUT2D eigenvalue weighted by Crippen LogP contribution is 2.33. The largest absolute Gasteiger partial charge is 0.394 e. The molecule has 23 heteroatoms. The number of hydrogen-bond acceptors (Lipinski definition) is 13. The summed E-state index contributed by atoms with van der Waals surface area (Å²) >= 11 is 1.83. The van der Waals surface area contributed by atoms with Gasteiger partial charge in [0.2, 0.25) is 47.3 Å². The lowest BCUT2D eigenvalue weighted by Gasteiger charge is -2.24. The highest BCUT2D eigenvalue weighted by molar-refractivity contribution is 8.00. The number of unbranched alkanes of at least 4 members (excludes halogenated alkanes) is 2. The van der Waals surface area contributed by atoms with E-state index in [2.05, 4.69) is 42.5 Å². The van der Waals surface area contributed by atoms with Crippen LogP contribution in [-0.4, -0.2) is 143 Å². The Labute approximate surface area is 346 Å². The molecule has 2 heterocycles. The summed E-state index contributed by atoms with van der Waals surface area (Å²) in [5.74, 6) is -5.85. The van der Waals surface area contributed by atoms with Gasteiger partial charge in [0.25, 0.3) is 0 Å². The van der Waals surface area contributed by atoms with Crippen LogP contribution < -0.4 is 53.7 Å². The van der Waals surface area contributed by atoms with Gasteiger partial charge >= 0.3 is 6.03 Å². The van der Waals surface area contributed by atoms with Crippen LogP contribution in [0.15, 0.2) is 0 Å². The van der Waals surface area contributed by atoms with Crippen LogP contribution in [-0.2, 0) is 38.4 Å². The van der Waals surface area contributed by atoms with Crippen LogP contribution in [0.3, 0.4) is 0 Å². The van der Waals surface area contributed by atoms with E-state index in [1.807, 2.05) is 11.8 Å². The second-order valence-electron chi connectivity index (χ2n) is 15.0. The van der Waals surface area contributed by atoms with Crippen molar-refractivity contribution in [1.29, 1.82) is 0 Å². The van der Waals surface area contributed by atoms with Gasteiger partial charge in [0.15, 0.2) is 0 Å². The molecular weight excluding hydrogens is 797 g/mol. The molecule has 7 atom stereocenters. The molecule has 332 valence electrons. The van der Waals surface area contributed by atoms with Crippen LogP contribution >= 0.6 is 11.8 Å². The molecule has 0 aromatic rings. The third-order valence-electron chi connectivity index (χ3n) is 10.5. The normalized spacial score (nSPS) is 20.4. The van der Waals surface area contributed by atoms with Gasteiger partial charge in [0, 0.05) is 36.3 Å². The summed E-state index contributed by atoms with van der Waals surface area (Å²) in [6, 6.07) is -4.03. The quantitative estimate of drug-likeness (QED) is 0.0164. The maximum absolute atomic E-state index is 13.0. The van der Waals surface area contributed by atoms with Gasteiger partial charge < -0.3 is 58.5 Å². The van der Waals surface area contributed by atoms with Gasteiger partial charge in [-0.3, -0.25) is 43.6 Å². The van der Waals surface area contributed by atoms with Gasteiger partial charge in [-0.15, -0.1) is 0 Å². The van der Waals surface area contributed by atoms with E-state index < -0.39 is 91.7 Å². The number of aliphatic hydroxyl groups is 2. The summed E-state index contributed by atoms with van der Waals surface area (Å²) in [7, 11) is 0. The van der Waals surface area contributed by atoms with Crippen molar-refractivity contribution in [1.82, 2.24) is 48.0 Å². The first-order valence-electron chi connectivity index (χ1n) is 20.1. The molecule has 0 aromatic heterocycles. The monoisotopic (exact) mass is 856 g/mol. The minimum atomic E-state index is -1.60. The van der Waals surface area contributed by atoms with Crippen LogP contribution in [0.1, 0.15) is 83.5 Å². The van der Waals surface area contributed by atoms with E-state index in [9.17, 15) is 53.4 Å². The molecule has 0 spiro atoms. The zero-order chi connectivity index (χ0) is 43.3. The van der Waals surface area contributed by atoms with Gasteiger partial charge in [0.1, 0.15) is 18.1 Å². The molecule has 0 radical (unpaired) electrons. The summed E-state index contributed by atoms with van der Waals surface area (Å²) in [6.07, 6.45) is 7.65. The van der Waals surface area contributed by atoms with E-state index in [1.54, 1.807) is 0 Å². The predicted octanol–water partition coefficient (Wildman–Crippen LogP) is -3.75. The van der Waals surface area contributed by atoms with Crippen LogP contribution in [0, 0.1) is 11.8 Å². The number of thioether (sulfide) groups is 1. The molecule has 3 rings (SSSR count). The molecule has 3 aliphatic rings. The number of carbonyl (C=O) groups excluding carboxylic acids is 9. The number of carbonyl (C=O) groups is 9. The molecule has 59 heavy (non-hydrogen) atoms. The number of fused-ring (bicyclic) bond motifs is 1. The SMILES string of the molecule is NC(=O)[C@H](CCCCNC(=O)CCCC[C@@H]1SC[C@@H]2NC(=O)N[C@@H]21)NC(=O)CNC(=O)CNC(=O)[C@H](CO)NC(=O)[C@H](CO)NC(=O)C(CC(=O)NO)CC1CCCC1. The van der Waals surface area contributed by atoms with Crippen molar-refractivity contribution in [3.63, 3.8) is 0 Å². The first-order valence-corrected chi connectivity index (χ1v) is 21.1. The number of nitrogens with one attached hydrogen (secondary N) is 9. The Kier molecular flexibility index (Phi) is 21.2. The molecular formula is C36H60N10O12S. The number of aliphatic hydroxyl groups excluding tert-OH is 2. The van der Waals surface area contributed by atoms with Crippen molar-refractivity contribution in [2.24, 2.45) is 17.6 Å². The Bertz CT molecular complexity index is 1490. The molecule has 0 bridgehead atoms. The summed E-state index contributed by atoms with van der Waals surface area (Å²) < 4.78 is 0. The van der Waals surface area contributed by atoms with Crippen molar-refractivity contribution >= 4 is 65.1 Å². The lowest BCUT2D eigenvalue weighted by Crippen LogP contribution is -2.57. The van der Waals surface area contributed by atoms with Crippen LogP contribution in [0.2, 0.25) is 0 Å². The van der Waals surface area contributed by atoms with Crippen molar-refractivity contribution in [3.8, 4) is 0 Å². The number of primary amides is 1. The maximum atomic E-state index is 13.0.